The van der Waals surface area contributed by atoms with Gasteiger partial charge in [-0.25, -0.2) is 14.4 Å². The van der Waals surface area contributed by atoms with E-state index in [0.29, 0.717) is 11.4 Å². The lowest BCUT2D eigenvalue weighted by atomic mass is 10.1. The van der Waals surface area contributed by atoms with Gasteiger partial charge in [-0.05, 0) is 70.4 Å². The van der Waals surface area contributed by atoms with Crippen LogP contribution in [0.4, 0.5) is 4.39 Å². The minimum absolute atomic E-state index is 0.154. The van der Waals surface area contributed by atoms with E-state index in [1.165, 1.54) is 12.1 Å². The Morgan fingerprint density at radius 2 is 1.93 bits per heavy atom. The lowest BCUT2D eigenvalue weighted by molar-refractivity contribution is 0.0929. The molecule has 1 atom stereocenters. The van der Waals surface area contributed by atoms with Crippen molar-refractivity contribution in [3.63, 3.8) is 0 Å². The SMILES string of the molecule is CC[C@H](NC(=O)c1cccc2c(-c3ccc(F)cc3)ncn12)c1ccc(Br)nc1. The van der Waals surface area contributed by atoms with Gasteiger partial charge in [0.05, 0.1) is 17.3 Å². The standard InChI is InChI=1S/C22H18BrFN4O/c1-2-17(15-8-11-20(23)25-12-15)27-22(29)19-5-3-4-18-21(26-13-28(18)19)14-6-9-16(24)10-7-14/h3-13,17H,2H2,1H3,(H,27,29)/t17-/m0/s1. The summed E-state index contributed by atoms with van der Waals surface area (Å²) in [7, 11) is 0. The van der Waals surface area contributed by atoms with Gasteiger partial charge in [-0.2, -0.15) is 0 Å². The number of halogens is 2. The zero-order valence-corrected chi connectivity index (χ0v) is 17.2. The van der Waals surface area contributed by atoms with Gasteiger partial charge >= 0.3 is 0 Å². The van der Waals surface area contributed by atoms with Crippen LogP contribution >= 0.6 is 15.9 Å². The molecule has 4 aromatic rings. The molecular formula is C22H18BrFN4O. The summed E-state index contributed by atoms with van der Waals surface area (Å²) < 4.78 is 15.7. The average molecular weight is 453 g/mol. The molecule has 0 saturated heterocycles. The average Bonchev–Trinajstić information content (AvgIpc) is 3.17. The molecule has 3 heterocycles. The summed E-state index contributed by atoms with van der Waals surface area (Å²) in [5.41, 5.74) is 3.69. The lowest BCUT2D eigenvalue weighted by Crippen LogP contribution is -2.29. The number of nitrogens with zero attached hydrogens (tertiary/aromatic N) is 3. The van der Waals surface area contributed by atoms with Gasteiger partial charge in [-0.15, -0.1) is 0 Å². The third kappa shape index (κ3) is 3.91. The molecule has 1 aromatic carbocycles. The zero-order chi connectivity index (χ0) is 20.4. The van der Waals surface area contributed by atoms with Gasteiger partial charge in [0.1, 0.15) is 22.4 Å². The van der Waals surface area contributed by atoms with E-state index in [4.69, 9.17) is 0 Å². The van der Waals surface area contributed by atoms with Crippen LogP contribution in [0.2, 0.25) is 0 Å². The Balaban J connectivity index is 1.66. The van der Waals surface area contributed by atoms with E-state index < -0.39 is 0 Å². The summed E-state index contributed by atoms with van der Waals surface area (Å²) in [6.45, 7) is 2.01. The molecule has 0 aliphatic rings. The number of aromatic nitrogens is 3. The first kappa shape index (κ1) is 19.3. The third-order valence-corrected chi connectivity index (χ3v) is 5.26. The number of fused-ring (bicyclic) bond motifs is 1. The van der Waals surface area contributed by atoms with Gasteiger partial charge in [-0.1, -0.05) is 19.1 Å². The Labute approximate surface area is 175 Å². The first-order chi connectivity index (χ1) is 14.1. The van der Waals surface area contributed by atoms with E-state index in [1.807, 2.05) is 31.2 Å². The molecule has 1 amide bonds. The smallest absolute Gasteiger partial charge is 0.268 e. The lowest BCUT2D eigenvalue weighted by Gasteiger charge is -2.17. The molecule has 29 heavy (non-hydrogen) atoms. The van der Waals surface area contributed by atoms with Crippen LogP contribution in [0.25, 0.3) is 16.8 Å². The predicted octanol–water partition coefficient (Wildman–Crippen LogP) is 5.18. The molecule has 4 rings (SSSR count). The van der Waals surface area contributed by atoms with E-state index in [-0.39, 0.29) is 17.8 Å². The molecule has 7 heteroatoms. The van der Waals surface area contributed by atoms with Crippen LogP contribution in [0, 0.1) is 5.82 Å². The van der Waals surface area contributed by atoms with Gasteiger partial charge in [0, 0.05) is 11.8 Å². The van der Waals surface area contributed by atoms with Crippen LogP contribution in [0.1, 0.15) is 35.4 Å². The summed E-state index contributed by atoms with van der Waals surface area (Å²) in [5, 5.41) is 3.07. The van der Waals surface area contributed by atoms with Crippen molar-refractivity contribution < 1.29 is 9.18 Å². The molecule has 0 aliphatic carbocycles. The molecule has 146 valence electrons. The van der Waals surface area contributed by atoms with E-state index in [0.717, 1.165) is 27.7 Å². The van der Waals surface area contributed by atoms with Crippen molar-refractivity contribution in [3.05, 3.63) is 88.8 Å². The Hall–Kier alpha value is -3.06. The second kappa shape index (κ2) is 8.13. The van der Waals surface area contributed by atoms with E-state index in [2.05, 4.69) is 31.2 Å². The first-order valence-corrected chi connectivity index (χ1v) is 10.0. The molecule has 0 bridgehead atoms. The van der Waals surface area contributed by atoms with Gasteiger partial charge in [-0.3, -0.25) is 9.20 Å². The third-order valence-electron chi connectivity index (χ3n) is 4.79. The maximum Gasteiger partial charge on any atom is 0.268 e. The minimum atomic E-state index is -0.301. The number of benzene rings is 1. The highest BCUT2D eigenvalue weighted by atomic mass is 79.9. The molecular weight excluding hydrogens is 435 g/mol. The fourth-order valence-electron chi connectivity index (χ4n) is 3.28. The Kier molecular flexibility index (Phi) is 5.40. The molecule has 3 aromatic heterocycles. The predicted molar refractivity (Wildman–Crippen MR) is 113 cm³/mol. The van der Waals surface area contributed by atoms with Crippen molar-refractivity contribution in [2.75, 3.05) is 0 Å². The van der Waals surface area contributed by atoms with Crippen molar-refractivity contribution in [3.8, 4) is 11.3 Å². The molecule has 0 spiro atoms. The second-order valence-corrected chi connectivity index (χ2v) is 7.43. The highest BCUT2D eigenvalue weighted by molar-refractivity contribution is 9.10. The zero-order valence-electron chi connectivity index (χ0n) is 15.6. The Morgan fingerprint density at radius 3 is 2.62 bits per heavy atom. The van der Waals surface area contributed by atoms with E-state index >= 15 is 0 Å². The molecule has 0 unspecified atom stereocenters. The number of carbonyl (C=O) groups is 1. The van der Waals surface area contributed by atoms with Gasteiger partial charge in [0.15, 0.2) is 0 Å². The maximum absolute atomic E-state index is 13.2. The van der Waals surface area contributed by atoms with Crippen molar-refractivity contribution in [1.29, 1.82) is 0 Å². The van der Waals surface area contributed by atoms with Crippen molar-refractivity contribution >= 4 is 27.4 Å². The number of rotatable bonds is 5. The monoisotopic (exact) mass is 452 g/mol. The highest BCUT2D eigenvalue weighted by Gasteiger charge is 2.18. The van der Waals surface area contributed by atoms with Crippen LogP contribution in [0.15, 0.2) is 71.7 Å². The number of pyridine rings is 2. The number of hydrogen-bond acceptors (Lipinski definition) is 3. The Morgan fingerprint density at radius 1 is 1.14 bits per heavy atom. The minimum Gasteiger partial charge on any atom is -0.344 e. The molecule has 0 radical (unpaired) electrons. The first-order valence-electron chi connectivity index (χ1n) is 9.21. The summed E-state index contributed by atoms with van der Waals surface area (Å²) in [4.78, 5) is 21.7. The van der Waals surface area contributed by atoms with Gasteiger partial charge in [0.2, 0.25) is 0 Å². The molecule has 1 N–H and O–H groups in total. The van der Waals surface area contributed by atoms with Crippen LogP contribution in [0.3, 0.4) is 0 Å². The number of imidazole rings is 1. The van der Waals surface area contributed by atoms with Crippen LogP contribution in [-0.4, -0.2) is 20.3 Å². The van der Waals surface area contributed by atoms with Crippen molar-refractivity contribution in [2.45, 2.75) is 19.4 Å². The summed E-state index contributed by atoms with van der Waals surface area (Å²) >= 11 is 3.33. The largest absolute Gasteiger partial charge is 0.344 e. The van der Waals surface area contributed by atoms with Crippen molar-refractivity contribution in [2.24, 2.45) is 0 Å². The number of amides is 1. The normalized spacial score (nSPS) is 12.1. The summed E-state index contributed by atoms with van der Waals surface area (Å²) in [6.07, 6.45) is 4.10. The molecule has 0 fully saturated rings. The maximum atomic E-state index is 13.2. The van der Waals surface area contributed by atoms with Gasteiger partial charge < -0.3 is 5.32 Å². The van der Waals surface area contributed by atoms with Crippen molar-refractivity contribution in [1.82, 2.24) is 19.7 Å². The summed E-state index contributed by atoms with van der Waals surface area (Å²) in [6, 6.07) is 15.3. The summed E-state index contributed by atoms with van der Waals surface area (Å²) in [5.74, 6) is -0.501. The Bertz CT molecular complexity index is 1160. The van der Waals surface area contributed by atoms with Gasteiger partial charge in [0.25, 0.3) is 5.91 Å². The number of nitrogens with one attached hydrogen (secondary N) is 1. The molecule has 0 saturated carbocycles. The molecule has 5 nitrogen and oxygen atoms in total. The van der Waals surface area contributed by atoms with Crippen LogP contribution in [-0.2, 0) is 0 Å². The molecule has 0 aliphatic heterocycles. The second-order valence-electron chi connectivity index (χ2n) is 6.61. The van der Waals surface area contributed by atoms with Crippen LogP contribution in [0.5, 0.6) is 0 Å². The quantitative estimate of drug-likeness (QED) is 0.424. The topological polar surface area (TPSA) is 59.3 Å². The highest BCUT2D eigenvalue weighted by Crippen LogP contribution is 2.25. The number of hydrogen-bond donors (Lipinski definition) is 1. The van der Waals surface area contributed by atoms with Crippen LogP contribution < -0.4 is 5.32 Å². The fraction of sp³-hybridized carbons (Fsp3) is 0.136. The number of carbonyl (C=O) groups excluding carboxylic acids is 1. The fourth-order valence-corrected chi connectivity index (χ4v) is 3.52. The van der Waals surface area contributed by atoms with E-state index in [1.54, 1.807) is 35.1 Å². The van der Waals surface area contributed by atoms with E-state index in [9.17, 15) is 9.18 Å².